The third kappa shape index (κ3) is 3.97. The summed E-state index contributed by atoms with van der Waals surface area (Å²) in [6.45, 7) is 4.15. The van der Waals surface area contributed by atoms with Crippen LogP contribution in [0.2, 0.25) is 0 Å². The van der Waals surface area contributed by atoms with Crippen LogP contribution >= 0.6 is 0 Å². The molecule has 4 rings (SSSR count). The Morgan fingerprint density at radius 1 is 1.00 bits per heavy atom. The van der Waals surface area contributed by atoms with Crippen LogP contribution in [0.15, 0.2) is 53.3 Å². The summed E-state index contributed by atoms with van der Waals surface area (Å²) in [6, 6.07) is 12.0. The molecular formula is C24H24N4O5. The molecule has 9 heteroatoms. The van der Waals surface area contributed by atoms with Gasteiger partial charge in [0.1, 0.15) is 0 Å². The van der Waals surface area contributed by atoms with E-state index in [1.54, 1.807) is 36.4 Å². The molecule has 1 aliphatic rings. The number of carbonyl (C=O) groups excluding carboxylic acids is 2. The highest BCUT2D eigenvalue weighted by atomic mass is 16.5. The molecule has 0 amide bonds. The van der Waals surface area contributed by atoms with Crippen molar-refractivity contribution >= 4 is 17.6 Å². The summed E-state index contributed by atoms with van der Waals surface area (Å²) in [6.07, 6.45) is 0. The first-order chi connectivity index (χ1) is 15.8. The number of carbonyl (C=O) groups is 2. The highest BCUT2D eigenvalue weighted by molar-refractivity contribution is 5.91. The van der Waals surface area contributed by atoms with E-state index in [1.165, 1.54) is 18.9 Å². The molecule has 1 aromatic heterocycles. The zero-order valence-electron chi connectivity index (χ0n) is 18.7. The third-order valence-electron chi connectivity index (χ3n) is 5.64. The lowest BCUT2D eigenvalue weighted by molar-refractivity contribution is -0.152. The van der Waals surface area contributed by atoms with Crippen LogP contribution in [0.3, 0.4) is 0 Å². The topological polar surface area (TPSA) is 112 Å². The molecule has 0 radical (unpaired) electrons. The maximum absolute atomic E-state index is 13.0. The smallest absolute Gasteiger partial charge is 0.333 e. The third-order valence-corrected chi connectivity index (χ3v) is 5.64. The van der Waals surface area contributed by atoms with Crippen molar-refractivity contribution in [3.8, 4) is 22.6 Å². The van der Waals surface area contributed by atoms with Gasteiger partial charge < -0.3 is 14.8 Å². The van der Waals surface area contributed by atoms with E-state index in [4.69, 9.17) is 9.47 Å². The van der Waals surface area contributed by atoms with Gasteiger partial charge in [0.15, 0.2) is 23.6 Å². The van der Waals surface area contributed by atoms with Crippen molar-refractivity contribution in [1.29, 1.82) is 0 Å². The minimum Gasteiger partial charge on any atom is -0.467 e. The molecular weight excluding hydrogens is 424 g/mol. The van der Waals surface area contributed by atoms with Crippen LogP contribution in [0.5, 0.6) is 0 Å². The Hall–Kier alpha value is -4.01. The highest BCUT2D eigenvalue weighted by Gasteiger charge is 2.42. The summed E-state index contributed by atoms with van der Waals surface area (Å²) in [5, 5.41) is 7.57. The van der Waals surface area contributed by atoms with Gasteiger partial charge in [-0.1, -0.05) is 50.2 Å². The Bertz CT molecular complexity index is 1270. The standard InChI is InChI=1S/C24H24N4O5/c1-13(2)14-9-11-15(12-10-14)18-22(29)26-21-16-7-5-6-8-17(16)25-19(23(30)32-3)20(24(31)33-4)28(21)27-18/h5-13,19-20,25H,1-4H3/t19-,20+/m0/s1. The number of hydrogen-bond donors (Lipinski definition) is 1. The number of aromatic nitrogens is 3. The first-order valence-electron chi connectivity index (χ1n) is 10.5. The van der Waals surface area contributed by atoms with Crippen LogP contribution < -0.4 is 10.9 Å². The molecule has 1 aliphatic heterocycles. The van der Waals surface area contributed by atoms with E-state index in [-0.39, 0.29) is 11.5 Å². The number of esters is 2. The second kappa shape index (κ2) is 8.85. The van der Waals surface area contributed by atoms with Crippen molar-refractivity contribution in [2.45, 2.75) is 31.8 Å². The van der Waals surface area contributed by atoms with Crippen molar-refractivity contribution in [2.75, 3.05) is 19.5 Å². The normalized spacial score (nSPS) is 16.8. The Balaban J connectivity index is 1.98. The van der Waals surface area contributed by atoms with Gasteiger partial charge in [-0.2, -0.15) is 10.1 Å². The van der Waals surface area contributed by atoms with Crippen molar-refractivity contribution < 1.29 is 19.1 Å². The summed E-state index contributed by atoms with van der Waals surface area (Å²) in [7, 11) is 2.45. The van der Waals surface area contributed by atoms with Crippen LogP contribution in [-0.2, 0) is 19.1 Å². The van der Waals surface area contributed by atoms with E-state index < -0.39 is 29.6 Å². The lowest BCUT2D eigenvalue weighted by atomic mass is 10.0. The Kier molecular flexibility index (Phi) is 5.95. The predicted molar refractivity (Wildman–Crippen MR) is 122 cm³/mol. The number of benzene rings is 2. The zero-order chi connectivity index (χ0) is 23.7. The van der Waals surface area contributed by atoms with Crippen molar-refractivity contribution in [3.63, 3.8) is 0 Å². The summed E-state index contributed by atoms with van der Waals surface area (Å²) in [4.78, 5) is 42.9. The van der Waals surface area contributed by atoms with E-state index in [0.717, 1.165) is 5.56 Å². The summed E-state index contributed by atoms with van der Waals surface area (Å²) in [5.74, 6) is -0.944. The van der Waals surface area contributed by atoms with E-state index in [0.29, 0.717) is 22.7 Å². The van der Waals surface area contributed by atoms with Gasteiger partial charge in [0, 0.05) is 16.8 Å². The molecule has 0 bridgehead atoms. The minimum atomic E-state index is -1.26. The molecule has 0 spiro atoms. The van der Waals surface area contributed by atoms with Gasteiger partial charge in [-0.05, 0) is 23.6 Å². The van der Waals surface area contributed by atoms with Crippen LogP contribution in [0.1, 0.15) is 31.4 Å². The number of rotatable bonds is 4. The fourth-order valence-electron chi connectivity index (χ4n) is 3.85. The number of anilines is 1. The number of ether oxygens (including phenoxy) is 2. The van der Waals surface area contributed by atoms with Crippen LogP contribution in [-0.4, -0.2) is 47.0 Å². The van der Waals surface area contributed by atoms with Crippen LogP contribution in [0, 0.1) is 0 Å². The van der Waals surface area contributed by atoms with Crippen molar-refractivity contribution in [1.82, 2.24) is 14.8 Å². The lowest BCUT2D eigenvalue weighted by Crippen LogP contribution is -2.44. The summed E-state index contributed by atoms with van der Waals surface area (Å²) in [5.41, 5.74) is 2.20. The monoisotopic (exact) mass is 448 g/mol. The average molecular weight is 448 g/mol. The molecule has 0 saturated heterocycles. The SMILES string of the molecule is COC(=O)[C@H]1Nc2ccccc2-c2nc(=O)c(-c3ccc(C(C)C)cc3)nn2[C@H]1C(=O)OC. The maximum atomic E-state index is 13.0. The van der Waals surface area contributed by atoms with Gasteiger partial charge in [0.25, 0.3) is 5.56 Å². The van der Waals surface area contributed by atoms with E-state index >= 15 is 0 Å². The van der Waals surface area contributed by atoms with E-state index in [1.807, 2.05) is 12.1 Å². The van der Waals surface area contributed by atoms with Gasteiger partial charge in [0.2, 0.25) is 0 Å². The molecule has 2 heterocycles. The molecule has 170 valence electrons. The number of para-hydroxylation sites is 1. The zero-order valence-corrected chi connectivity index (χ0v) is 18.7. The quantitative estimate of drug-likeness (QED) is 0.607. The number of nitrogens with zero attached hydrogens (tertiary/aromatic N) is 3. The number of fused-ring (bicyclic) bond motifs is 3. The Labute approximate surface area is 190 Å². The second-order valence-corrected chi connectivity index (χ2v) is 7.97. The predicted octanol–water partition coefficient (Wildman–Crippen LogP) is 2.78. The molecule has 0 unspecified atom stereocenters. The van der Waals surface area contributed by atoms with Gasteiger partial charge in [-0.3, -0.25) is 4.79 Å². The Morgan fingerprint density at radius 3 is 2.30 bits per heavy atom. The molecule has 0 saturated carbocycles. The van der Waals surface area contributed by atoms with Crippen LogP contribution in [0.25, 0.3) is 22.6 Å². The van der Waals surface area contributed by atoms with Gasteiger partial charge in [-0.15, -0.1) is 0 Å². The highest BCUT2D eigenvalue weighted by Crippen LogP contribution is 2.34. The lowest BCUT2D eigenvalue weighted by Gasteiger charge is -2.24. The molecule has 33 heavy (non-hydrogen) atoms. The second-order valence-electron chi connectivity index (χ2n) is 7.97. The van der Waals surface area contributed by atoms with E-state index in [2.05, 4.69) is 29.2 Å². The average Bonchev–Trinajstić information content (AvgIpc) is 2.97. The fourth-order valence-corrected chi connectivity index (χ4v) is 3.85. The first-order valence-corrected chi connectivity index (χ1v) is 10.5. The van der Waals surface area contributed by atoms with Gasteiger partial charge in [0.05, 0.1) is 14.2 Å². The number of hydrogen-bond acceptors (Lipinski definition) is 8. The Morgan fingerprint density at radius 2 is 1.67 bits per heavy atom. The molecule has 9 nitrogen and oxygen atoms in total. The minimum absolute atomic E-state index is 0.0611. The van der Waals surface area contributed by atoms with E-state index in [9.17, 15) is 14.4 Å². The number of nitrogens with one attached hydrogen (secondary N) is 1. The number of methoxy groups -OCH3 is 2. The molecule has 3 aromatic rings. The first kappa shape index (κ1) is 22.2. The summed E-state index contributed by atoms with van der Waals surface area (Å²) < 4.78 is 11.2. The van der Waals surface area contributed by atoms with Crippen molar-refractivity contribution in [2.24, 2.45) is 0 Å². The molecule has 0 aliphatic carbocycles. The van der Waals surface area contributed by atoms with Gasteiger partial charge in [-0.25, -0.2) is 14.3 Å². The van der Waals surface area contributed by atoms with Crippen LogP contribution in [0.4, 0.5) is 5.69 Å². The molecule has 2 atom stereocenters. The van der Waals surface area contributed by atoms with Crippen molar-refractivity contribution in [3.05, 3.63) is 64.4 Å². The largest absolute Gasteiger partial charge is 0.467 e. The molecule has 0 fully saturated rings. The maximum Gasteiger partial charge on any atom is 0.333 e. The molecule has 1 N–H and O–H groups in total. The fraction of sp³-hybridized carbons (Fsp3) is 0.292. The molecule has 2 aromatic carbocycles. The van der Waals surface area contributed by atoms with Gasteiger partial charge >= 0.3 is 11.9 Å². The summed E-state index contributed by atoms with van der Waals surface area (Å²) >= 11 is 0.